The molecule has 0 bridgehead atoms. The Labute approximate surface area is 366 Å². The van der Waals surface area contributed by atoms with Gasteiger partial charge in [0.25, 0.3) is 0 Å². The van der Waals surface area contributed by atoms with Gasteiger partial charge in [0.05, 0.1) is 17.3 Å². The van der Waals surface area contributed by atoms with Crippen molar-refractivity contribution in [2.75, 3.05) is 26.2 Å². The van der Waals surface area contributed by atoms with Crippen molar-refractivity contribution in [1.82, 2.24) is 9.80 Å². The normalized spacial score (nSPS) is 41.4. The second-order valence-electron chi connectivity index (χ2n) is 23.8. The minimum atomic E-state index is -0.674. The van der Waals surface area contributed by atoms with Crippen molar-refractivity contribution in [3.63, 3.8) is 0 Å². The number of benzene rings is 1. The van der Waals surface area contributed by atoms with Crippen molar-refractivity contribution in [3.8, 4) is 0 Å². The van der Waals surface area contributed by atoms with E-state index in [-0.39, 0.29) is 81.7 Å². The van der Waals surface area contributed by atoms with Gasteiger partial charge in [-0.1, -0.05) is 92.6 Å². The highest BCUT2D eigenvalue weighted by atomic mass is 16.5. The van der Waals surface area contributed by atoms with Crippen molar-refractivity contribution < 1.29 is 28.7 Å². The summed E-state index contributed by atoms with van der Waals surface area (Å²) in [5.74, 6) is 0.711. The summed E-state index contributed by atoms with van der Waals surface area (Å²) in [4.78, 5) is 61.4. The molecule has 0 unspecified atom stereocenters. The van der Waals surface area contributed by atoms with Crippen LogP contribution < -0.4 is 0 Å². The van der Waals surface area contributed by atoms with Crippen LogP contribution in [0.2, 0.25) is 0 Å². The van der Waals surface area contributed by atoms with Crippen LogP contribution in [0.5, 0.6) is 0 Å². The maximum absolute atomic E-state index is 15.1. The average Bonchev–Trinajstić information content (AvgIpc) is 3.98. The maximum Gasteiger partial charge on any atom is 0.309 e. The largest absolute Gasteiger partial charge is 0.462 e. The van der Waals surface area contributed by atoms with E-state index >= 15 is 4.79 Å². The summed E-state index contributed by atoms with van der Waals surface area (Å²) in [6, 6.07) is 10.2. The summed E-state index contributed by atoms with van der Waals surface area (Å²) in [7, 11) is 0. The molecular weight excluding hydrogens is 761 g/mol. The number of esters is 2. The molecule has 0 N–H and O–H groups in total. The Morgan fingerprint density at radius 2 is 1.46 bits per heavy atom. The van der Waals surface area contributed by atoms with Crippen LogP contribution in [0.1, 0.15) is 151 Å². The molecule has 2 aliphatic heterocycles. The van der Waals surface area contributed by atoms with Crippen LogP contribution in [0.3, 0.4) is 0 Å². The standard InChI is InChI=1S/C53H76N2O6/c1-33(2)43-39(56)30-53(47(59)55-28-21-35(31-55)54-26-13-14-27-54)25-24-51(8)36(44(43)53)17-18-41-50(7)22-20-42(49(5,6)40(50)19-23-52(41,51)9)61-46(58)38-29-37(48(38,3)4)45(57)60-32-34-15-11-10-12-16-34/h10-12,15-16,33,35-38,40-42H,13-14,17-32H2,1-9H3/t35-,36-,37+,38-,40+,41-,42+,50+,51-,52-,53-/m1/s1. The Morgan fingerprint density at radius 3 is 2.15 bits per heavy atom. The molecule has 9 rings (SSSR count). The summed E-state index contributed by atoms with van der Waals surface area (Å²) >= 11 is 0. The van der Waals surface area contributed by atoms with Crippen molar-refractivity contribution in [3.05, 3.63) is 47.0 Å². The number of rotatable bonds is 8. The molecule has 1 aromatic carbocycles. The van der Waals surface area contributed by atoms with E-state index in [1.54, 1.807) is 0 Å². The van der Waals surface area contributed by atoms with Crippen LogP contribution in [-0.2, 0) is 35.3 Å². The van der Waals surface area contributed by atoms with Crippen molar-refractivity contribution in [2.24, 2.45) is 68.0 Å². The number of Topliss-reactive ketones (excluding diaryl/α,β-unsaturated/α-hetero) is 1. The highest BCUT2D eigenvalue weighted by Crippen LogP contribution is 2.77. The number of fused-ring (bicyclic) bond motifs is 7. The van der Waals surface area contributed by atoms with Crippen LogP contribution in [0.25, 0.3) is 0 Å². The smallest absolute Gasteiger partial charge is 0.309 e. The fraction of sp³-hybridized carbons (Fsp3) is 0.774. The lowest BCUT2D eigenvalue weighted by atomic mass is 9.33. The van der Waals surface area contributed by atoms with Gasteiger partial charge in [-0.3, -0.25) is 24.1 Å². The van der Waals surface area contributed by atoms with Crippen molar-refractivity contribution in [2.45, 2.75) is 165 Å². The van der Waals surface area contributed by atoms with Gasteiger partial charge in [-0.05, 0) is 152 Å². The molecule has 2 saturated heterocycles. The first-order valence-electron chi connectivity index (χ1n) is 24.5. The molecule has 8 aliphatic rings. The van der Waals surface area contributed by atoms with Crippen molar-refractivity contribution >= 4 is 23.6 Å². The van der Waals surface area contributed by atoms with E-state index in [1.807, 2.05) is 44.2 Å². The number of hydrogen-bond acceptors (Lipinski definition) is 7. The highest BCUT2D eigenvalue weighted by Gasteiger charge is 2.71. The van der Waals surface area contributed by atoms with Gasteiger partial charge in [0.2, 0.25) is 5.91 Å². The third-order valence-corrected chi connectivity index (χ3v) is 20.2. The SMILES string of the molecule is CC(C)C1=C2[C@H]3CC[C@@H]4[C@@]5(C)CC[C@H](OC(=O)[C@H]6C[C@@H](C(=O)OCc7ccccc7)C6(C)C)C(C)(C)[C@@H]5CC[C@@]4(C)[C@]3(C)CC[C@@]2(C(=O)N2CC[C@@H](N3CCCC3)C2)CC1=O. The lowest BCUT2D eigenvalue weighted by molar-refractivity contribution is -0.236. The predicted molar refractivity (Wildman–Crippen MR) is 237 cm³/mol. The van der Waals surface area contributed by atoms with E-state index in [2.05, 4.69) is 58.3 Å². The molecular formula is C53H76N2O6. The molecule has 0 aromatic heterocycles. The van der Waals surface area contributed by atoms with E-state index in [1.165, 1.54) is 18.4 Å². The fourth-order valence-corrected chi connectivity index (χ4v) is 16.5. The van der Waals surface area contributed by atoms with Crippen LogP contribution in [0, 0.1) is 68.0 Å². The van der Waals surface area contributed by atoms with E-state index in [0.29, 0.717) is 30.7 Å². The first kappa shape index (κ1) is 43.3. The zero-order valence-electron chi connectivity index (χ0n) is 39.1. The number of nitrogens with zero attached hydrogens (tertiary/aromatic N) is 2. The number of allylic oxidation sites excluding steroid dienone is 1. The average molecular weight is 837 g/mol. The molecule has 334 valence electrons. The van der Waals surface area contributed by atoms with Crippen LogP contribution in [0.15, 0.2) is 41.5 Å². The fourth-order valence-electron chi connectivity index (χ4n) is 16.5. The topological polar surface area (TPSA) is 93.2 Å². The van der Waals surface area contributed by atoms with Gasteiger partial charge in [0.15, 0.2) is 5.78 Å². The number of likely N-dealkylation sites (tertiary alicyclic amines) is 2. The number of amides is 1. The van der Waals surface area contributed by atoms with Gasteiger partial charge in [0, 0.05) is 31.0 Å². The molecule has 5 saturated carbocycles. The molecule has 8 heteroatoms. The van der Waals surface area contributed by atoms with E-state index < -0.39 is 10.8 Å². The lowest BCUT2D eigenvalue weighted by Crippen LogP contribution is -2.66. The Kier molecular flexibility index (Phi) is 10.7. The van der Waals surface area contributed by atoms with Gasteiger partial charge in [-0.2, -0.15) is 0 Å². The minimum absolute atomic E-state index is 0.0150. The summed E-state index contributed by atoms with van der Waals surface area (Å²) in [6.07, 6.45) is 12.2. The quantitative estimate of drug-likeness (QED) is 0.241. The predicted octanol–water partition coefficient (Wildman–Crippen LogP) is 9.98. The molecule has 8 nitrogen and oxygen atoms in total. The van der Waals surface area contributed by atoms with Crippen LogP contribution in [0.4, 0.5) is 0 Å². The first-order chi connectivity index (χ1) is 28.8. The highest BCUT2D eigenvalue weighted by molar-refractivity contribution is 6.07. The van der Waals surface area contributed by atoms with Crippen molar-refractivity contribution in [1.29, 1.82) is 0 Å². The molecule has 7 fully saturated rings. The second kappa shape index (κ2) is 15.0. The summed E-state index contributed by atoms with van der Waals surface area (Å²) in [6.45, 7) is 25.0. The number of ether oxygens (including phenoxy) is 2. The minimum Gasteiger partial charge on any atom is -0.462 e. The van der Waals surface area contributed by atoms with Gasteiger partial charge >= 0.3 is 11.9 Å². The number of carbonyl (C=O) groups excluding carboxylic acids is 4. The van der Waals surface area contributed by atoms with E-state index in [9.17, 15) is 14.4 Å². The molecule has 0 radical (unpaired) electrons. The Hall–Kier alpha value is -3.00. The molecule has 0 spiro atoms. The molecule has 1 amide bonds. The summed E-state index contributed by atoms with van der Waals surface area (Å²) in [5, 5.41) is 0. The molecule has 11 atom stereocenters. The van der Waals surface area contributed by atoms with Gasteiger partial charge in [-0.15, -0.1) is 0 Å². The van der Waals surface area contributed by atoms with Gasteiger partial charge < -0.3 is 14.4 Å². The van der Waals surface area contributed by atoms with Gasteiger partial charge in [0.1, 0.15) is 12.7 Å². The Morgan fingerprint density at radius 1 is 0.754 bits per heavy atom. The van der Waals surface area contributed by atoms with E-state index in [0.717, 1.165) is 95.1 Å². The van der Waals surface area contributed by atoms with Crippen LogP contribution in [-0.4, -0.2) is 71.8 Å². The second-order valence-corrected chi connectivity index (χ2v) is 23.8. The van der Waals surface area contributed by atoms with Crippen LogP contribution >= 0.6 is 0 Å². The Bertz CT molecular complexity index is 1960. The monoisotopic (exact) mass is 837 g/mol. The lowest BCUT2D eigenvalue weighted by Gasteiger charge is -2.72. The van der Waals surface area contributed by atoms with E-state index in [4.69, 9.17) is 9.47 Å². The Balaban J connectivity index is 0.911. The molecule has 1 aromatic rings. The third kappa shape index (κ3) is 6.41. The summed E-state index contributed by atoms with van der Waals surface area (Å²) < 4.78 is 12.3. The zero-order valence-corrected chi connectivity index (χ0v) is 39.1. The maximum atomic E-state index is 15.1. The molecule has 2 heterocycles. The zero-order chi connectivity index (χ0) is 43.5. The molecule has 6 aliphatic carbocycles. The van der Waals surface area contributed by atoms with Gasteiger partial charge in [-0.25, -0.2) is 0 Å². The first-order valence-corrected chi connectivity index (χ1v) is 24.5. The molecule has 61 heavy (non-hydrogen) atoms. The number of ketones is 1. The number of hydrogen-bond donors (Lipinski definition) is 0. The number of carbonyl (C=O) groups is 4. The summed E-state index contributed by atoms with van der Waals surface area (Å²) in [5.41, 5.74) is 1.95. The third-order valence-electron chi connectivity index (χ3n) is 20.2.